The first kappa shape index (κ1) is 14.1. The van der Waals surface area contributed by atoms with Gasteiger partial charge in [-0.25, -0.2) is 8.78 Å². The monoisotopic (exact) mass is 269 g/mol. The molecule has 0 spiro atoms. The Morgan fingerprint density at radius 2 is 2.16 bits per heavy atom. The quantitative estimate of drug-likeness (QED) is 0.785. The lowest BCUT2D eigenvalue weighted by atomic mass is 10.1. The first-order valence-corrected chi connectivity index (χ1v) is 6.29. The molecule has 5 heteroatoms. The molecule has 1 saturated heterocycles. The zero-order valence-electron chi connectivity index (χ0n) is 11.0. The van der Waals surface area contributed by atoms with Crippen molar-refractivity contribution in [3.8, 4) is 0 Å². The lowest BCUT2D eigenvalue weighted by Crippen LogP contribution is -2.39. The van der Waals surface area contributed by atoms with Gasteiger partial charge < -0.3 is 4.74 Å². The zero-order valence-corrected chi connectivity index (χ0v) is 11.0. The maximum atomic E-state index is 13.1. The van der Waals surface area contributed by atoms with E-state index in [2.05, 4.69) is 0 Å². The van der Waals surface area contributed by atoms with Crippen molar-refractivity contribution >= 4 is 5.78 Å². The maximum absolute atomic E-state index is 13.1. The molecule has 0 bridgehead atoms. The number of benzene rings is 1. The minimum Gasteiger partial charge on any atom is -0.377 e. The Hall–Kier alpha value is -1.33. The van der Waals surface area contributed by atoms with Gasteiger partial charge in [-0.15, -0.1) is 0 Å². The highest BCUT2D eigenvalue weighted by Crippen LogP contribution is 2.18. The summed E-state index contributed by atoms with van der Waals surface area (Å²) in [6.45, 7) is 2.83. The molecule has 2 rings (SSSR count). The van der Waals surface area contributed by atoms with Crippen molar-refractivity contribution in [2.75, 3.05) is 20.2 Å². The van der Waals surface area contributed by atoms with Gasteiger partial charge in [0.15, 0.2) is 17.4 Å². The number of hydrogen-bond donors (Lipinski definition) is 0. The number of likely N-dealkylation sites (N-methyl/N-ethyl adjacent to an activating group) is 1. The maximum Gasteiger partial charge on any atom is 0.176 e. The van der Waals surface area contributed by atoms with Gasteiger partial charge in [-0.05, 0) is 38.6 Å². The molecule has 3 nitrogen and oxygen atoms in total. The normalized spacial score (nSPS) is 23.0. The fourth-order valence-corrected chi connectivity index (χ4v) is 2.40. The van der Waals surface area contributed by atoms with Gasteiger partial charge in [0.05, 0.1) is 12.6 Å². The minimum absolute atomic E-state index is 0.0859. The Kier molecular flexibility index (Phi) is 4.27. The first-order chi connectivity index (χ1) is 8.99. The van der Waals surface area contributed by atoms with Crippen LogP contribution in [-0.2, 0) is 4.74 Å². The van der Waals surface area contributed by atoms with Gasteiger partial charge in [-0.1, -0.05) is 0 Å². The predicted octanol–water partition coefficient (Wildman–Crippen LogP) is 2.26. The molecule has 0 radical (unpaired) electrons. The molecular weight excluding hydrogens is 252 g/mol. The van der Waals surface area contributed by atoms with Gasteiger partial charge in [0.25, 0.3) is 0 Å². The van der Waals surface area contributed by atoms with Crippen molar-refractivity contribution in [3.63, 3.8) is 0 Å². The second-order valence-electron chi connectivity index (χ2n) is 4.90. The van der Waals surface area contributed by atoms with Crippen molar-refractivity contribution < 1.29 is 18.3 Å². The van der Waals surface area contributed by atoms with Crippen molar-refractivity contribution in [2.24, 2.45) is 0 Å². The lowest BCUT2D eigenvalue weighted by molar-refractivity contribution is 0.0745. The number of rotatable bonds is 4. The Morgan fingerprint density at radius 3 is 2.74 bits per heavy atom. The van der Waals surface area contributed by atoms with E-state index < -0.39 is 11.6 Å². The van der Waals surface area contributed by atoms with E-state index in [1.807, 2.05) is 18.9 Å². The Morgan fingerprint density at radius 1 is 1.42 bits per heavy atom. The van der Waals surface area contributed by atoms with E-state index in [1.165, 1.54) is 6.07 Å². The van der Waals surface area contributed by atoms with Gasteiger partial charge in [0.2, 0.25) is 0 Å². The third-order valence-corrected chi connectivity index (χ3v) is 3.54. The number of nitrogens with zero attached hydrogens (tertiary/aromatic N) is 1. The summed E-state index contributed by atoms with van der Waals surface area (Å²) in [6, 6.07) is 3.42. The number of hydrogen-bond acceptors (Lipinski definition) is 3. The standard InChI is InChI=1S/C14H17F2NO2/c1-9-13(5-6-19-9)17(2)8-14(18)10-3-4-11(15)12(16)7-10/h3-4,7,9,13H,5-6,8H2,1-2H3. The van der Waals surface area contributed by atoms with Crippen LogP contribution in [-0.4, -0.2) is 43.0 Å². The summed E-state index contributed by atoms with van der Waals surface area (Å²) in [5.41, 5.74) is 0.192. The van der Waals surface area contributed by atoms with Crippen LogP contribution in [0, 0.1) is 11.6 Å². The summed E-state index contributed by atoms with van der Waals surface area (Å²) in [6.07, 6.45) is 0.964. The van der Waals surface area contributed by atoms with Crippen LogP contribution in [0.2, 0.25) is 0 Å². The lowest BCUT2D eigenvalue weighted by Gasteiger charge is -2.25. The molecular formula is C14H17F2NO2. The van der Waals surface area contributed by atoms with Crippen LogP contribution < -0.4 is 0 Å². The highest BCUT2D eigenvalue weighted by atomic mass is 19.2. The van der Waals surface area contributed by atoms with E-state index in [0.29, 0.717) is 6.61 Å². The molecule has 1 aliphatic rings. The van der Waals surface area contributed by atoms with E-state index in [9.17, 15) is 13.6 Å². The largest absolute Gasteiger partial charge is 0.377 e. The van der Waals surface area contributed by atoms with E-state index >= 15 is 0 Å². The topological polar surface area (TPSA) is 29.5 Å². The molecule has 19 heavy (non-hydrogen) atoms. The van der Waals surface area contributed by atoms with Crippen LogP contribution in [0.1, 0.15) is 23.7 Å². The second-order valence-corrected chi connectivity index (χ2v) is 4.90. The number of carbonyl (C=O) groups is 1. The smallest absolute Gasteiger partial charge is 0.176 e. The Balaban J connectivity index is 2.02. The van der Waals surface area contributed by atoms with Crippen LogP contribution in [0.5, 0.6) is 0 Å². The minimum atomic E-state index is -0.994. The Bertz CT molecular complexity index is 479. The molecule has 104 valence electrons. The van der Waals surface area contributed by atoms with Crippen LogP contribution in [0.3, 0.4) is 0 Å². The summed E-state index contributed by atoms with van der Waals surface area (Å²) in [7, 11) is 1.84. The molecule has 0 amide bonds. The van der Waals surface area contributed by atoms with Crippen LogP contribution in [0.15, 0.2) is 18.2 Å². The third-order valence-electron chi connectivity index (χ3n) is 3.54. The summed E-state index contributed by atoms with van der Waals surface area (Å²) in [5.74, 6) is -2.16. The molecule has 1 heterocycles. The highest BCUT2D eigenvalue weighted by Gasteiger charge is 2.28. The molecule has 2 atom stereocenters. The van der Waals surface area contributed by atoms with E-state index in [4.69, 9.17) is 4.74 Å². The molecule has 0 aliphatic carbocycles. The average Bonchev–Trinajstić information content (AvgIpc) is 2.79. The number of halogens is 2. The van der Waals surface area contributed by atoms with Crippen molar-refractivity contribution in [3.05, 3.63) is 35.4 Å². The fraction of sp³-hybridized carbons (Fsp3) is 0.500. The van der Waals surface area contributed by atoms with Gasteiger partial charge in [0, 0.05) is 18.2 Å². The van der Waals surface area contributed by atoms with Gasteiger partial charge >= 0.3 is 0 Å². The zero-order chi connectivity index (χ0) is 14.0. The summed E-state index contributed by atoms with van der Waals surface area (Å²) in [4.78, 5) is 13.9. The van der Waals surface area contributed by atoms with Crippen molar-refractivity contribution in [1.82, 2.24) is 4.90 Å². The number of ketones is 1. The molecule has 2 unspecified atom stereocenters. The number of ether oxygens (including phenoxy) is 1. The van der Waals surface area contributed by atoms with Crippen LogP contribution >= 0.6 is 0 Å². The van der Waals surface area contributed by atoms with Crippen LogP contribution in [0.25, 0.3) is 0 Å². The molecule has 0 saturated carbocycles. The summed E-state index contributed by atoms with van der Waals surface area (Å²) in [5, 5.41) is 0. The third kappa shape index (κ3) is 3.16. The summed E-state index contributed by atoms with van der Waals surface area (Å²) >= 11 is 0. The average molecular weight is 269 g/mol. The highest BCUT2D eigenvalue weighted by molar-refractivity contribution is 5.97. The van der Waals surface area contributed by atoms with Gasteiger partial charge in [-0.3, -0.25) is 9.69 Å². The molecule has 0 aromatic heterocycles. The van der Waals surface area contributed by atoms with E-state index in [1.54, 1.807) is 0 Å². The fourth-order valence-electron chi connectivity index (χ4n) is 2.40. The summed E-state index contributed by atoms with van der Waals surface area (Å²) < 4.78 is 31.3. The first-order valence-electron chi connectivity index (χ1n) is 6.29. The predicted molar refractivity (Wildman–Crippen MR) is 67.1 cm³/mol. The van der Waals surface area contributed by atoms with E-state index in [0.717, 1.165) is 18.6 Å². The van der Waals surface area contributed by atoms with Crippen LogP contribution in [0.4, 0.5) is 8.78 Å². The Labute approximate surface area is 111 Å². The SMILES string of the molecule is CC1OCCC1N(C)CC(=O)c1ccc(F)c(F)c1. The molecule has 1 fully saturated rings. The van der Waals surface area contributed by atoms with Gasteiger partial charge in [0.1, 0.15) is 0 Å². The van der Waals surface area contributed by atoms with Gasteiger partial charge in [-0.2, -0.15) is 0 Å². The van der Waals surface area contributed by atoms with E-state index in [-0.39, 0.29) is 30.0 Å². The molecule has 1 aromatic rings. The second kappa shape index (κ2) is 5.75. The van der Waals surface area contributed by atoms with Crippen molar-refractivity contribution in [2.45, 2.75) is 25.5 Å². The molecule has 0 N–H and O–H groups in total. The molecule has 1 aliphatic heterocycles. The molecule has 1 aromatic carbocycles. The number of carbonyl (C=O) groups excluding carboxylic acids is 1. The van der Waals surface area contributed by atoms with Crippen molar-refractivity contribution in [1.29, 1.82) is 0 Å². The number of Topliss-reactive ketones (excluding diaryl/α,β-unsaturated/α-hetero) is 1.